The maximum Gasteiger partial charge on any atom is 0.142 e. The fourth-order valence-electron chi connectivity index (χ4n) is 1.71. The van der Waals surface area contributed by atoms with Crippen LogP contribution in [0.1, 0.15) is 38.8 Å². The Labute approximate surface area is 104 Å². The van der Waals surface area contributed by atoms with Gasteiger partial charge in [-0.2, -0.15) is 0 Å². The van der Waals surface area contributed by atoms with Gasteiger partial charge in [0, 0.05) is 11.8 Å². The van der Waals surface area contributed by atoms with Crippen molar-refractivity contribution in [2.45, 2.75) is 33.2 Å². The van der Waals surface area contributed by atoms with Crippen LogP contribution in [-0.4, -0.2) is 18.6 Å². The topological polar surface area (TPSA) is 34.2 Å². The molecule has 3 nitrogen and oxygen atoms in total. The van der Waals surface area contributed by atoms with Gasteiger partial charge < -0.3 is 10.1 Å². The zero-order chi connectivity index (χ0) is 12.7. The van der Waals surface area contributed by atoms with Crippen LogP contribution in [0.3, 0.4) is 0 Å². The lowest BCUT2D eigenvalue weighted by Crippen LogP contribution is -2.21. The molecule has 1 atom stereocenters. The van der Waals surface area contributed by atoms with Crippen molar-refractivity contribution in [2.24, 2.45) is 0 Å². The van der Waals surface area contributed by atoms with Crippen LogP contribution in [0.15, 0.2) is 30.1 Å². The van der Waals surface area contributed by atoms with Gasteiger partial charge in [-0.15, -0.1) is 0 Å². The molecule has 0 bridgehead atoms. The van der Waals surface area contributed by atoms with Gasteiger partial charge in [0.2, 0.25) is 0 Å². The first-order valence-electron chi connectivity index (χ1n) is 6.05. The summed E-state index contributed by atoms with van der Waals surface area (Å²) in [7, 11) is 1.68. The maximum atomic E-state index is 5.36. The Morgan fingerprint density at radius 2 is 2.29 bits per heavy atom. The molecule has 94 valence electrons. The van der Waals surface area contributed by atoms with E-state index in [2.05, 4.69) is 37.1 Å². The molecule has 0 spiro atoms. The zero-order valence-corrected chi connectivity index (χ0v) is 11.2. The number of hydrogen-bond donors (Lipinski definition) is 1. The monoisotopic (exact) mass is 234 g/mol. The third kappa shape index (κ3) is 4.19. The summed E-state index contributed by atoms with van der Waals surface area (Å²) < 4.78 is 5.36. The number of allylic oxidation sites excluding steroid dienone is 1. The number of methoxy groups -OCH3 is 1. The molecule has 17 heavy (non-hydrogen) atoms. The summed E-state index contributed by atoms with van der Waals surface area (Å²) >= 11 is 0. The number of rotatable bonds is 6. The second-order valence-electron chi connectivity index (χ2n) is 4.29. The van der Waals surface area contributed by atoms with Crippen molar-refractivity contribution in [1.82, 2.24) is 10.3 Å². The van der Waals surface area contributed by atoms with Gasteiger partial charge in [-0.05, 0) is 32.9 Å². The van der Waals surface area contributed by atoms with E-state index in [0.29, 0.717) is 0 Å². The number of nitrogens with one attached hydrogen (secondary N) is 1. The molecule has 1 aromatic rings. The van der Waals surface area contributed by atoms with Crippen LogP contribution in [-0.2, 0) is 0 Å². The Morgan fingerprint density at radius 1 is 1.53 bits per heavy atom. The van der Waals surface area contributed by atoms with Gasteiger partial charge >= 0.3 is 0 Å². The number of nitrogens with zero attached hydrogens (tertiary/aromatic N) is 1. The highest BCUT2D eigenvalue weighted by Crippen LogP contribution is 2.25. The van der Waals surface area contributed by atoms with Crippen molar-refractivity contribution in [3.8, 4) is 5.75 Å². The first-order valence-corrected chi connectivity index (χ1v) is 6.05. The van der Waals surface area contributed by atoms with Gasteiger partial charge in [0.1, 0.15) is 5.75 Å². The van der Waals surface area contributed by atoms with Crippen LogP contribution < -0.4 is 10.1 Å². The highest BCUT2D eigenvalue weighted by molar-refractivity contribution is 5.35. The lowest BCUT2D eigenvalue weighted by Gasteiger charge is -2.18. The van der Waals surface area contributed by atoms with Crippen molar-refractivity contribution >= 4 is 0 Å². The van der Waals surface area contributed by atoms with E-state index in [9.17, 15) is 0 Å². The average molecular weight is 234 g/mol. The predicted octanol–water partition coefficient (Wildman–Crippen LogP) is 3.10. The third-order valence-electron chi connectivity index (χ3n) is 2.49. The molecule has 0 aliphatic heterocycles. The second kappa shape index (κ2) is 7.07. The highest BCUT2D eigenvalue weighted by atomic mass is 16.5. The standard InChI is InChI=1S/C14H22N2O/c1-5-7-16-13(9-11(2)3)12-6-8-15-10-14(12)17-4/h6,8-10,13,16H,5,7H2,1-4H3. The van der Waals surface area contributed by atoms with Crippen molar-refractivity contribution in [1.29, 1.82) is 0 Å². The van der Waals surface area contributed by atoms with Crippen LogP contribution >= 0.6 is 0 Å². The summed E-state index contributed by atoms with van der Waals surface area (Å²) in [6.07, 6.45) is 6.89. The lowest BCUT2D eigenvalue weighted by atomic mass is 10.0. The largest absolute Gasteiger partial charge is 0.495 e. The fraction of sp³-hybridized carbons (Fsp3) is 0.500. The number of ether oxygens (including phenoxy) is 1. The van der Waals surface area contributed by atoms with E-state index in [1.807, 2.05) is 6.07 Å². The van der Waals surface area contributed by atoms with E-state index in [4.69, 9.17) is 4.74 Å². The first-order chi connectivity index (χ1) is 8.19. The summed E-state index contributed by atoms with van der Waals surface area (Å²) in [4.78, 5) is 4.08. The van der Waals surface area contributed by atoms with E-state index in [-0.39, 0.29) is 6.04 Å². The molecule has 1 unspecified atom stereocenters. The van der Waals surface area contributed by atoms with E-state index < -0.39 is 0 Å². The normalized spacial score (nSPS) is 12.0. The molecule has 0 aromatic carbocycles. The minimum atomic E-state index is 0.192. The van der Waals surface area contributed by atoms with Gasteiger partial charge in [-0.25, -0.2) is 0 Å². The van der Waals surface area contributed by atoms with E-state index in [1.165, 1.54) is 5.57 Å². The van der Waals surface area contributed by atoms with Crippen molar-refractivity contribution in [3.63, 3.8) is 0 Å². The molecule has 0 radical (unpaired) electrons. The van der Waals surface area contributed by atoms with Gasteiger partial charge in [0.15, 0.2) is 0 Å². The predicted molar refractivity (Wildman–Crippen MR) is 71.3 cm³/mol. The minimum Gasteiger partial charge on any atom is -0.495 e. The molecule has 0 saturated carbocycles. The van der Waals surface area contributed by atoms with Crippen LogP contribution in [0, 0.1) is 0 Å². The van der Waals surface area contributed by atoms with Crippen molar-refractivity contribution in [2.75, 3.05) is 13.7 Å². The Balaban J connectivity index is 2.98. The molecule has 1 N–H and O–H groups in total. The Kier molecular flexibility index (Phi) is 5.70. The van der Waals surface area contributed by atoms with Crippen molar-refractivity contribution in [3.05, 3.63) is 35.7 Å². The summed E-state index contributed by atoms with van der Waals surface area (Å²) in [6.45, 7) is 7.36. The van der Waals surface area contributed by atoms with Gasteiger partial charge in [-0.1, -0.05) is 18.6 Å². The third-order valence-corrected chi connectivity index (χ3v) is 2.49. The van der Waals surface area contributed by atoms with Crippen LogP contribution in [0.25, 0.3) is 0 Å². The molecule has 3 heteroatoms. The fourth-order valence-corrected chi connectivity index (χ4v) is 1.71. The maximum absolute atomic E-state index is 5.36. The second-order valence-corrected chi connectivity index (χ2v) is 4.29. The Bertz CT molecular complexity index is 370. The lowest BCUT2D eigenvalue weighted by molar-refractivity contribution is 0.402. The minimum absolute atomic E-state index is 0.192. The van der Waals surface area contributed by atoms with Crippen LogP contribution in [0.5, 0.6) is 5.75 Å². The summed E-state index contributed by atoms with van der Waals surface area (Å²) in [5.74, 6) is 0.832. The summed E-state index contributed by atoms with van der Waals surface area (Å²) in [5.41, 5.74) is 2.43. The molecule has 0 aliphatic carbocycles. The summed E-state index contributed by atoms with van der Waals surface area (Å²) in [6, 6.07) is 2.20. The Hall–Kier alpha value is -1.35. The number of pyridine rings is 1. The molecule has 0 saturated heterocycles. The SMILES string of the molecule is CCCNC(C=C(C)C)c1ccncc1OC. The van der Waals surface area contributed by atoms with Gasteiger partial charge in [0.25, 0.3) is 0 Å². The number of aromatic nitrogens is 1. The number of hydrogen-bond acceptors (Lipinski definition) is 3. The van der Waals surface area contributed by atoms with Gasteiger partial charge in [0.05, 0.1) is 19.3 Å². The highest BCUT2D eigenvalue weighted by Gasteiger charge is 2.12. The van der Waals surface area contributed by atoms with Crippen molar-refractivity contribution < 1.29 is 4.74 Å². The van der Waals surface area contributed by atoms with E-state index >= 15 is 0 Å². The first kappa shape index (κ1) is 13.7. The molecule has 1 heterocycles. The molecular formula is C14H22N2O. The molecule has 0 aliphatic rings. The quantitative estimate of drug-likeness (QED) is 0.768. The van der Waals surface area contributed by atoms with E-state index in [1.54, 1.807) is 19.5 Å². The molecule has 0 fully saturated rings. The molecule has 1 aromatic heterocycles. The van der Waals surface area contributed by atoms with Crippen LogP contribution in [0.4, 0.5) is 0 Å². The summed E-state index contributed by atoms with van der Waals surface area (Å²) in [5, 5.41) is 3.51. The van der Waals surface area contributed by atoms with Gasteiger partial charge in [-0.3, -0.25) is 4.98 Å². The van der Waals surface area contributed by atoms with E-state index in [0.717, 1.165) is 24.3 Å². The smallest absolute Gasteiger partial charge is 0.142 e. The Morgan fingerprint density at radius 3 is 2.88 bits per heavy atom. The average Bonchev–Trinajstić information content (AvgIpc) is 2.34. The van der Waals surface area contributed by atoms with Crippen LogP contribution in [0.2, 0.25) is 0 Å². The molecule has 0 amide bonds. The molecular weight excluding hydrogens is 212 g/mol. The zero-order valence-electron chi connectivity index (χ0n) is 11.2. The molecule has 1 rings (SSSR count).